The molecule has 0 aliphatic carbocycles. The van der Waals surface area contributed by atoms with Crippen molar-refractivity contribution >= 4 is 6.09 Å². The van der Waals surface area contributed by atoms with Crippen molar-refractivity contribution in [1.29, 1.82) is 0 Å². The topological polar surface area (TPSA) is 38.3 Å². The van der Waals surface area contributed by atoms with E-state index in [2.05, 4.69) is 39.9 Å². The van der Waals surface area contributed by atoms with E-state index in [1.54, 1.807) is 0 Å². The molecule has 0 unspecified atom stereocenters. The van der Waals surface area contributed by atoms with Crippen LogP contribution in [0.15, 0.2) is 0 Å². The van der Waals surface area contributed by atoms with Crippen LogP contribution in [0.3, 0.4) is 0 Å². The van der Waals surface area contributed by atoms with Gasteiger partial charge >= 0.3 is 6.09 Å². The molecule has 92 valence electrons. The lowest BCUT2D eigenvalue weighted by molar-refractivity contribution is 0.177. The number of amides is 1. The minimum atomic E-state index is -0.315. The number of hydrogen-bond donors (Lipinski definition) is 1. The first-order valence-electron chi connectivity index (χ1n) is 5.93. The number of cyclic esters (lactones) is 1. The summed E-state index contributed by atoms with van der Waals surface area (Å²) >= 11 is 0. The summed E-state index contributed by atoms with van der Waals surface area (Å²) in [7, 11) is 0. The van der Waals surface area contributed by atoms with E-state index in [9.17, 15) is 4.79 Å². The maximum Gasteiger partial charge on any atom is 0.407 e. The van der Waals surface area contributed by atoms with Crippen LogP contribution in [0.4, 0.5) is 4.79 Å². The van der Waals surface area contributed by atoms with Gasteiger partial charge in [-0.15, -0.1) is 0 Å². The Bertz CT molecular complexity index is 462. The smallest absolute Gasteiger partial charge is 0.407 e. The fourth-order valence-electron chi connectivity index (χ4n) is 2.59. The zero-order valence-electron chi connectivity index (χ0n) is 11.1. The van der Waals surface area contributed by atoms with Gasteiger partial charge in [-0.1, -0.05) is 0 Å². The monoisotopic (exact) mass is 233 g/mol. The third kappa shape index (κ3) is 1.79. The van der Waals surface area contributed by atoms with Crippen molar-refractivity contribution in [3.8, 4) is 0 Å². The average molecular weight is 233 g/mol. The van der Waals surface area contributed by atoms with Crippen LogP contribution in [0.1, 0.15) is 39.4 Å². The molecule has 0 saturated carbocycles. The molecule has 1 atom stereocenters. The summed E-state index contributed by atoms with van der Waals surface area (Å²) < 4.78 is 4.99. The lowest BCUT2D eigenvalue weighted by Gasteiger charge is -2.21. The van der Waals surface area contributed by atoms with Crippen LogP contribution in [0.25, 0.3) is 0 Å². The summed E-state index contributed by atoms with van der Waals surface area (Å²) in [6, 6.07) is 0.000463. The van der Waals surface area contributed by atoms with Crippen LogP contribution in [-0.2, 0) is 4.74 Å². The maximum absolute atomic E-state index is 11.2. The molecule has 1 aromatic carbocycles. The molecule has 17 heavy (non-hydrogen) atoms. The molecular formula is C14H19NO2. The normalized spacial score (nSPS) is 19.1. The van der Waals surface area contributed by atoms with Gasteiger partial charge in [0.15, 0.2) is 0 Å². The third-order valence-electron chi connectivity index (χ3n) is 4.08. The Morgan fingerprint density at radius 2 is 1.41 bits per heavy atom. The lowest BCUT2D eigenvalue weighted by atomic mass is 9.86. The Hall–Kier alpha value is -1.51. The highest BCUT2D eigenvalue weighted by molar-refractivity contribution is 5.70. The van der Waals surface area contributed by atoms with Crippen molar-refractivity contribution in [1.82, 2.24) is 5.32 Å². The summed E-state index contributed by atoms with van der Waals surface area (Å²) in [5.41, 5.74) is 7.71. The van der Waals surface area contributed by atoms with Gasteiger partial charge in [0.05, 0.1) is 6.04 Å². The average Bonchev–Trinajstić information content (AvgIpc) is 2.71. The quantitative estimate of drug-likeness (QED) is 0.809. The fraction of sp³-hybridized carbons (Fsp3) is 0.500. The lowest BCUT2D eigenvalue weighted by Crippen LogP contribution is -2.21. The number of carbonyl (C=O) groups is 1. The van der Waals surface area contributed by atoms with Crippen molar-refractivity contribution in [3.05, 3.63) is 33.4 Å². The van der Waals surface area contributed by atoms with E-state index in [4.69, 9.17) is 4.74 Å². The van der Waals surface area contributed by atoms with Crippen LogP contribution < -0.4 is 5.32 Å². The highest BCUT2D eigenvalue weighted by atomic mass is 16.6. The third-order valence-corrected chi connectivity index (χ3v) is 4.08. The minimum Gasteiger partial charge on any atom is -0.447 e. The molecule has 0 radical (unpaired) electrons. The fourth-order valence-corrected chi connectivity index (χ4v) is 2.59. The molecule has 1 aliphatic heterocycles. The van der Waals surface area contributed by atoms with Gasteiger partial charge in [-0.3, -0.25) is 0 Å². The predicted molar refractivity (Wildman–Crippen MR) is 67.4 cm³/mol. The molecule has 2 rings (SSSR count). The molecule has 1 aliphatic rings. The van der Waals surface area contributed by atoms with E-state index in [0.29, 0.717) is 6.61 Å². The molecule has 1 amide bonds. The molecular weight excluding hydrogens is 214 g/mol. The van der Waals surface area contributed by atoms with Crippen molar-refractivity contribution in [2.75, 3.05) is 6.61 Å². The van der Waals surface area contributed by atoms with Gasteiger partial charge in [-0.2, -0.15) is 0 Å². The van der Waals surface area contributed by atoms with Crippen molar-refractivity contribution in [2.45, 2.75) is 40.7 Å². The van der Waals surface area contributed by atoms with Gasteiger partial charge < -0.3 is 10.1 Å². The summed E-state index contributed by atoms with van der Waals surface area (Å²) in [6.45, 7) is 11.1. The summed E-state index contributed by atoms with van der Waals surface area (Å²) in [5.74, 6) is 0. The first-order chi connectivity index (χ1) is 7.93. The maximum atomic E-state index is 11.2. The highest BCUT2D eigenvalue weighted by Crippen LogP contribution is 2.31. The van der Waals surface area contributed by atoms with Gasteiger partial charge in [-0.05, 0) is 68.0 Å². The largest absolute Gasteiger partial charge is 0.447 e. The number of nitrogens with one attached hydrogen (secondary N) is 1. The molecule has 1 fully saturated rings. The van der Waals surface area contributed by atoms with Gasteiger partial charge in [0.2, 0.25) is 0 Å². The molecule has 1 N–H and O–H groups in total. The standard InChI is InChI=1S/C14H19NO2/c1-7-8(2)10(4)13(11(5)9(7)3)12-6-17-14(16)15-12/h12H,6H2,1-5H3,(H,15,16)/t12-/m0/s1. The number of benzene rings is 1. The van der Waals surface area contributed by atoms with Crippen molar-refractivity contribution < 1.29 is 9.53 Å². The van der Waals surface area contributed by atoms with Gasteiger partial charge in [0.1, 0.15) is 6.61 Å². The minimum absolute atomic E-state index is 0.000463. The zero-order chi connectivity index (χ0) is 12.7. The van der Waals surface area contributed by atoms with Crippen LogP contribution in [0.5, 0.6) is 0 Å². The van der Waals surface area contributed by atoms with Gasteiger partial charge in [-0.25, -0.2) is 4.79 Å². The molecule has 1 saturated heterocycles. The Balaban J connectivity index is 2.57. The van der Waals surface area contributed by atoms with Crippen LogP contribution in [-0.4, -0.2) is 12.7 Å². The van der Waals surface area contributed by atoms with E-state index >= 15 is 0 Å². The van der Waals surface area contributed by atoms with Crippen molar-refractivity contribution in [3.63, 3.8) is 0 Å². The van der Waals surface area contributed by atoms with E-state index in [-0.39, 0.29) is 12.1 Å². The Morgan fingerprint density at radius 1 is 0.941 bits per heavy atom. The second-order valence-corrected chi connectivity index (χ2v) is 4.83. The Kier molecular flexibility index (Phi) is 2.86. The molecule has 0 aromatic heterocycles. The second-order valence-electron chi connectivity index (χ2n) is 4.83. The number of carbonyl (C=O) groups excluding carboxylic acids is 1. The zero-order valence-corrected chi connectivity index (χ0v) is 11.1. The summed E-state index contributed by atoms with van der Waals surface area (Å²) in [4.78, 5) is 11.2. The predicted octanol–water partition coefficient (Wildman–Crippen LogP) is 3.01. The van der Waals surface area contributed by atoms with Gasteiger partial charge in [0, 0.05) is 0 Å². The molecule has 3 nitrogen and oxygen atoms in total. The van der Waals surface area contributed by atoms with E-state index in [0.717, 1.165) is 0 Å². The molecule has 1 heterocycles. The van der Waals surface area contributed by atoms with Crippen LogP contribution >= 0.6 is 0 Å². The molecule has 0 bridgehead atoms. The number of rotatable bonds is 1. The van der Waals surface area contributed by atoms with Gasteiger partial charge in [0.25, 0.3) is 0 Å². The highest BCUT2D eigenvalue weighted by Gasteiger charge is 2.28. The SMILES string of the molecule is Cc1c(C)c(C)c([C@@H]2COC(=O)N2)c(C)c1C. The molecule has 0 spiro atoms. The number of hydrogen-bond acceptors (Lipinski definition) is 2. The summed E-state index contributed by atoms with van der Waals surface area (Å²) in [6.07, 6.45) is -0.315. The van der Waals surface area contributed by atoms with E-state index in [1.807, 2.05) is 0 Å². The van der Waals surface area contributed by atoms with Crippen LogP contribution in [0.2, 0.25) is 0 Å². The van der Waals surface area contributed by atoms with Crippen molar-refractivity contribution in [2.24, 2.45) is 0 Å². The first kappa shape index (κ1) is 12.0. The molecule has 3 heteroatoms. The first-order valence-corrected chi connectivity index (χ1v) is 5.93. The van der Waals surface area contributed by atoms with E-state index in [1.165, 1.54) is 33.4 Å². The summed E-state index contributed by atoms with van der Waals surface area (Å²) in [5, 5.41) is 2.86. The molecule has 1 aromatic rings. The van der Waals surface area contributed by atoms with E-state index < -0.39 is 0 Å². The Labute approximate surface area is 102 Å². The second kappa shape index (κ2) is 4.06. The number of alkyl carbamates (subject to hydrolysis) is 1. The number of ether oxygens (including phenoxy) is 1. The van der Waals surface area contributed by atoms with Crippen LogP contribution in [0, 0.1) is 34.6 Å². The Morgan fingerprint density at radius 3 is 1.82 bits per heavy atom.